The van der Waals surface area contributed by atoms with Crippen molar-refractivity contribution in [3.8, 4) is 0 Å². The van der Waals surface area contributed by atoms with E-state index in [1.807, 2.05) is 30.3 Å². The Morgan fingerprint density at radius 3 is 2.37 bits per heavy atom. The van der Waals surface area contributed by atoms with Crippen LogP contribution in [-0.2, 0) is 4.79 Å². The third kappa shape index (κ3) is 3.32. The second-order valence-corrected chi connectivity index (χ2v) is 7.91. The van der Waals surface area contributed by atoms with Gasteiger partial charge in [-0.1, -0.05) is 48.9 Å². The smallest absolute Gasteiger partial charge is 0.247 e. The quantitative estimate of drug-likeness (QED) is 0.858. The van der Waals surface area contributed by atoms with Gasteiger partial charge in [-0.2, -0.15) is 0 Å². The average molecular weight is 384 g/mol. The number of carbonyl (C=O) groups excluding carboxylic acids is 1. The minimum atomic E-state index is -0.420. The minimum absolute atomic E-state index is 0.172. The lowest BCUT2D eigenvalue weighted by Gasteiger charge is -2.45. The molecule has 1 atom stereocenters. The van der Waals surface area contributed by atoms with Crippen LogP contribution in [0.25, 0.3) is 0 Å². The number of nitrogens with one attached hydrogen (secondary N) is 1. The monoisotopic (exact) mass is 383 g/mol. The van der Waals surface area contributed by atoms with Crippen molar-refractivity contribution in [3.63, 3.8) is 0 Å². The molecule has 5 heteroatoms. The number of piperidine rings is 1. The lowest BCUT2D eigenvalue weighted by atomic mass is 9.84. The third-order valence-electron chi connectivity index (χ3n) is 6.11. The Kier molecular flexibility index (Phi) is 5.11. The Hall–Kier alpha value is -2.04. The molecule has 0 radical (unpaired) electrons. The van der Waals surface area contributed by atoms with Crippen LogP contribution in [0.3, 0.4) is 0 Å². The maximum atomic E-state index is 12.8. The van der Waals surface area contributed by atoms with Gasteiger partial charge in [0.05, 0.1) is 6.67 Å². The van der Waals surface area contributed by atoms with Gasteiger partial charge in [-0.15, -0.1) is 0 Å². The highest BCUT2D eigenvalue weighted by molar-refractivity contribution is 6.30. The van der Waals surface area contributed by atoms with Gasteiger partial charge in [0, 0.05) is 29.8 Å². The normalized spacial score (nSPS) is 20.7. The summed E-state index contributed by atoms with van der Waals surface area (Å²) in [5, 5.41) is 3.85. The lowest BCUT2D eigenvalue weighted by molar-refractivity contribution is -0.125. The Bertz CT molecular complexity index is 785. The number of nitrogens with zero attached hydrogens (tertiary/aromatic N) is 2. The molecule has 2 aliphatic rings. The largest absolute Gasteiger partial charge is 0.339 e. The Morgan fingerprint density at radius 1 is 1.07 bits per heavy atom. The minimum Gasteiger partial charge on any atom is -0.339 e. The van der Waals surface area contributed by atoms with Gasteiger partial charge in [0.25, 0.3) is 0 Å². The molecule has 1 amide bonds. The van der Waals surface area contributed by atoms with Crippen LogP contribution in [0.2, 0.25) is 5.02 Å². The fourth-order valence-electron chi connectivity index (χ4n) is 4.63. The molecule has 0 saturated carbocycles. The number of para-hydroxylation sites is 1. The summed E-state index contributed by atoms with van der Waals surface area (Å²) in [5.74, 6) is 0.172. The van der Waals surface area contributed by atoms with Gasteiger partial charge in [-0.3, -0.25) is 9.69 Å². The van der Waals surface area contributed by atoms with E-state index in [2.05, 4.69) is 46.3 Å². The molecule has 0 unspecified atom stereocenters. The summed E-state index contributed by atoms with van der Waals surface area (Å²) in [6.45, 7) is 4.65. The molecular weight excluding hydrogens is 358 g/mol. The molecule has 2 saturated heterocycles. The standard InChI is InChI=1S/C22H26ClN3O/c1-2-20(17-8-10-18(23)11-9-17)25-14-12-22(13-15-25)21(27)24-16-26(22)19-6-4-3-5-7-19/h3-11,20H,2,12-16H2,1H3,(H,24,27)/t20-/m1/s1. The summed E-state index contributed by atoms with van der Waals surface area (Å²) in [6, 6.07) is 18.8. The van der Waals surface area contributed by atoms with Crippen LogP contribution >= 0.6 is 11.6 Å². The van der Waals surface area contributed by atoms with Crippen LogP contribution in [-0.4, -0.2) is 36.1 Å². The van der Waals surface area contributed by atoms with Gasteiger partial charge in [-0.25, -0.2) is 0 Å². The zero-order chi connectivity index (χ0) is 18.9. The Balaban J connectivity index is 1.53. The summed E-state index contributed by atoms with van der Waals surface area (Å²) in [7, 11) is 0. The first kappa shape index (κ1) is 18.3. The number of anilines is 1. The molecular formula is C22H26ClN3O. The van der Waals surface area contributed by atoms with Crippen molar-refractivity contribution in [1.82, 2.24) is 10.2 Å². The zero-order valence-corrected chi connectivity index (χ0v) is 16.5. The number of hydrogen-bond acceptors (Lipinski definition) is 3. The van der Waals surface area contributed by atoms with Gasteiger partial charge >= 0.3 is 0 Å². The highest BCUT2D eigenvalue weighted by Gasteiger charge is 2.50. The predicted octanol–water partition coefficient (Wildman–Crippen LogP) is 4.22. The van der Waals surface area contributed by atoms with Crippen molar-refractivity contribution < 1.29 is 4.79 Å². The molecule has 2 aliphatic heterocycles. The second kappa shape index (κ2) is 7.53. The van der Waals surface area contributed by atoms with Gasteiger partial charge < -0.3 is 10.2 Å². The molecule has 1 spiro atoms. The summed E-state index contributed by atoms with van der Waals surface area (Å²) >= 11 is 6.05. The first-order chi connectivity index (χ1) is 13.1. The van der Waals surface area contributed by atoms with Crippen LogP contribution in [0.5, 0.6) is 0 Å². The lowest BCUT2D eigenvalue weighted by Crippen LogP contribution is -2.56. The first-order valence-corrected chi connectivity index (χ1v) is 10.1. The van der Waals surface area contributed by atoms with Crippen LogP contribution in [0.4, 0.5) is 5.69 Å². The van der Waals surface area contributed by atoms with E-state index >= 15 is 0 Å². The van der Waals surface area contributed by atoms with E-state index in [-0.39, 0.29) is 5.91 Å². The summed E-state index contributed by atoms with van der Waals surface area (Å²) in [5.41, 5.74) is 2.00. The van der Waals surface area contributed by atoms with E-state index in [0.29, 0.717) is 12.7 Å². The molecule has 4 rings (SSSR count). The average Bonchev–Trinajstić information content (AvgIpc) is 3.02. The summed E-state index contributed by atoms with van der Waals surface area (Å²) in [6.07, 6.45) is 2.73. The van der Waals surface area contributed by atoms with Crippen molar-refractivity contribution in [3.05, 3.63) is 65.2 Å². The Labute approximate surface area is 166 Å². The van der Waals surface area contributed by atoms with E-state index in [0.717, 1.165) is 43.1 Å². The van der Waals surface area contributed by atoms with E-state index in [4.69, 9.17) is 11.6 Å². The van der Waals surface area contributed by atoms with Gasteiger partial charge in [0.2, 0.25) is 5.91 Å². The van der Waals surface area contributed by atoms with Crippen LogP contribution in [0.15, 0.2) is 54.6 Å². The second-order valence-electron chi connectivity index (χ2n) is 7.47. The van der Waals surface area contributed by atoms with Crippen LogP contribution in [0, 0.1) is 0 Å². The molecule has 1 N–H and O–H groups in total. The van der Waals surface area contributed by atoms with E-state index < -0.39 is 5.54 Å². The fourth-order valence-corrected chi connectivity index (χ4v) is 4.75. The maximum absolute atomic E-state index is 12.8. The van der Waals surface area contributed by atoms with Gasteiger partial charge in [0.15, 0.2) is 0 Å². The van der Waals surface area contributed by atoms with Crippen molar-refractivity contribution >= 4 is 23.2 Å². The van der Waals surface area contributed by atoms with Crippen molar-refractivity contribution in [2.45, 2.75) is 37.8 Å². The molecule has 0 aliphatic carbocycles. The predicted molar refractivity (Wildman–Crippen MR) is 110 cm³/mol. The van der Waals surface area contributed by atoms with Gasteiger partial charge in [0.1, 0.15) is 5.54 Å². The number of rotatable bonds is 4. The van der Waals surface area contributed by atoms with E-state index in [1.165, 1.54) is 5.56 Å². The molecule has 27 heavy (non-hydrogen) atoms. The highest BCUT2D eigenvalue weighted by atomic mass is 35.5. The molecule has 142 valence electrons. The number of likely N-dealkylation sites (tertiary alicyclic amines) is 1. The third-order valence-corrected chi connectivity index (χ3v) is 6.36. The Morgan fingerprint density at radius 2 is 1.74 bits per heavy atom. The number of benzene rings is 2. The molecule has 0 aromatic heterocycles. The number of hydrogen-bond donors (Lipinski definition) is 1. The van der Waals surface area contributed by atoms with Crippen molar-refractivity contribution in [1.29, 1.82) is 0 Å². The first-order valence-electron chi connectivity index (χ1n) is 9.74. The summed E-state index contributed by atoms with van der Waals surface area (Å²) < 4.78 is 0. The number of amides is 1. The number of carbonyl (C=O) groups is 1. The molecule has 2 fully saturated rings. The molecule has 4 nitrogen and oxygen atoms in total. The van der Waals surface area contributed by atoms with E-state index in [9.17, 15) is 4.79 Å². The van der Waals surface area contributed by atoms with Crippen LogP contribution < -0.4 is 10.2 Å². The summed E-state index contributed by atoms with van der Waals surface area (Å²) in [4.78, 5) is 17.6. The van der Waals surface area contributed by atoms with Gasteiger partial charge in [-0.05, 0) is 49.1 Å². The molecule has 0 bridgehead atoms. The fraction of sp³-hybridized carbons (Fsp3) is 0.409. The number of halogens is 1. The molecule has 2 aromatic rings. The topological polar surface area (TPSA) is 35.6 Å². The SMILES string of the molecule is CC[C@H](c1ccc(Cl)cc1)N1CCC2(CC1)C(=O)NCN2c1ccccc1. The van der Waals surface area contributed by atoms with Crippen molar-refractivity contribution in [2.24, 2.45) is 0 Å². The molecule has 2 aromatic carbocycles. The molecule has 2 heterocycles. The van der Waals surface area contributed by atoms with Crippen molar-refractivity contribution in [2.75, 3.05) is 24.7 Å². The van der Waals surface area contributed by atoms with E-state index in [1.54, 1.807) is 0 Å². The maximum Gasteiger partial charge on any atom is 0.247 e. The zero-order valence-electron chi connectivity index (χ0n) is 15.7. The highest BCUT2D eigenvalue weighted by Crippen LogP contribution is 2.38. The van der Waals surface area contributed by atoms with Crippen LogP contribution in [0.1, 0.15) is 37.8 Å².